The monoisotopic (exact) mass is 365 g/mol. The standard InChI is InChI=1S/C18H19N7O2/c1-13-12-15(23-27-13)20-18(26)14-5-6-17(22-21-14)25-10-8-24(9-11-25)16-4-2-3-7-19-16/h2-7,12H,8-11H2,1H3,(H,20,23,26). The summed E-state index contributed by atoms with van der Waals surface area (Å²) >= 11 is 0. The molecule has 0 aromatic carbocycles. The summed E-state index contributed by atoms with van der Waals surface area (Å²) in [6, 6.07) is 11.0. The number of nitrogens with zero attached hydrogens (tertiary/aromatic N) is 6. The fourth-order valence-electron chi connectivity index (χ4n) is 2.93. The Bertz CT molecular complexity index is 903. The van der Waals surface area contributed by atoms with Gasteiger partial charge in [0.25, 0.3) is 5.91 Å². The van der Waals surface area contributed by atoms with E-state index in [2.05, 4.69) is 35.5 Å². The Morgan fingerprint density at radius 3 is 2.41 bits per heavy atom. The molecule has 0 bridgehead atoms. The Kier molecular flexibility index (Phi) is 4.65. The number of nitrogens with one attached hydrogen (secondary N) is 1. The molecule has 27 heavy (non-hydrogen) atoms. The molecule has 1 N–H and O–H groups in total. The highest BCUT2D eigenvalue weighted by atomic mass is 16.5. The number of hydrogen-bond acceptors (Lipinski definition) is 8. The second-order valence-corrected chi connectivity index (χ2v) is 6.22. The number of anilines is 3. The first-order valence-electron chi connectivity index (χ1n) is 8.68. The van der Waals surface area contributed by atoms with E-state index in [1.807, 2.05) is 24.3 Å². The van der Waals surface area contributed by atoms with Gasteiger partial charge >= 0.3 is 0 Å². The fraction of sp³-hybridized carbons (Fsp3) is 0.278. The Balaban J connectivity index is 1.36. The predicted molar refractivity (Wildman–Crippen MR) is 99.9 cm³/mol. The first-order valence-corrected chi connectivity index (χ1v) is 8.68. The van der Waals surface area contributed by atoms with Gasteiger partial charge in [-0.1, -0.05) is 11.2 Å². The van der Waals surface area contributed by atoms with Gasteiger partial charge in [0.1, 0.15) is 11.6 Å². The summed E-state index contributed by atoms with van der Waals surface area (Å²) in [5.41, 5.74) is 0.228. The summed E-state index contributed by atoms with van der Waals surface area (Å²) in [4.78, 5) is 21.0. The van der Waals surface area contributed by atoms with Crippen LogP contribution in [0.2, 0.25) is 0 Å². The number of pyridine rings is 1. The maximum absolute atomic E-state index is 12.2. The van der Waals surface area contributed by atoms with Crippen molar-refractivity contribution in [2.75, 3.05) is 41.3 Å². The van der Waals surface area contributed by atoms with Gasteiger partial charge in [0.15, 0.2) is 17.3 Å². The molecule has 0 saturated carbocycles. The molecule has 9 heteroatoms. The van der Waals surface area contributed by atoms with E-state index < -0.39 is 0 Å². The SMILES string of the molecule is Cc1cc(NC(=O)c2ccc(N3CCN(c4ccccn4)CC3)nn2)no1. The minimum atomic E-state index is -0.373. The molecule has 9 nitrogen and oxygen atoms in total. The van der Waals surface area contributed by atoms with Gasteiger partial charge in [0, 0.05) is 38.4 Å². The van der Waals surface area contributed by atoms with E-state index in [-0.39, 0.29) is 11.6 Å². The lowest BCUT2D eigenvalue weighted by Crippen LogP contribution is -2.47. The van der Waals surface area contributed by atoms with E-state index in [1.54, 1.807) is 25.3 Å². The quantitative estimate of drug-likeness (QED) is 0.746. The number of aryl methyl sites for hydroxylation is 1. The summed E-state index contributed by atoms with van der Waals surface area (Å²) in [6.45, 7) is 5.09. The number of carbonyl (C=O) groups is 1. The van der Waals surface area contributed by atoms with Crippen LogP contribution in [0.3, 0.4) is 0 Å². The van der Waals surface area contributed by atoms with Crippen molar-refractivity contribution >= 4 is 23.4 Å². The number of amides is 1. The van der Waals surface area contributed by atoms with Crippen LogP contribution in [0.1, 0.15) is 16.2 Å². The summed E-state index contributed by atoms with van der Waals surface area (Å²) in [5, 5.41) is 14.6. The van der Waals surface area contributed by atoms with Crippen LogP contribution in [0.15, 0.2) is 47.1 Å². The highest BCUT2D eigenvalue weighted by molar-refractivity contribution is 6.02. The zero-order chi connectivity index (χ0) is 18.6. The average molecular weight is 365 g/mol. The first kappa shape index (κ1) is 17.0. The van der Waals surface area contributed by atoms with Crippen molar-refractivity contribution in [2.24, 2.45) is 0 Å². The summed E-state index contributed by atoms with van der Waals surface area (Å²) in [5.74, 6) is 2.34. The number of carbonyl (C=O) groups excluding carboxylic acids is 1. The Morgan fingerprint density at radius 1 is 1.04 bits per heavy atom. The second-order valence-electron chi connectivity index (χ2n) is 6.22. The summed E-state index contributed by atoms with van der Waals surface area (Å²) in [7, 11) is 0. The minimum Gasteiger partial charge on any atom is -0.360 e. The third-order valence-corrected chi connectivity index (χ3v) is 4.33. The Hall–Kier alpha value is -3.49. The van der Waals surface area contributed by atoms with Gasteiger partial charge in [-0.2, -0.15) is 0 Å². The van der Waals surface area contributed by atoms with E-state index in [0.717, 1.165) is 37.8 Å². The van der Waals surface area contributed by atoms with Gasteiger partial charge in [-0.3, -0.25) is 4.79 Å². The van der Waals surface area contributed by atoms with Crippen molar-refractivity contribution in [2.45, 2.75) is 6.92 Å². The fourth-order valence-corrected chi connectivity index (χ4v) is 2.93. The molecule has 1 aliphatic rings. The molecule has 1 aliphatic heterocycles. The molecule has 1 amide bonds. The number of rotatable bonds is 4. The molecule has 1 saturated heterocycles. The summed E-state index contributed by atoms with van der Waals surface area (Å²) < 4.78 is 4.92. The second kappa shape index (κ2) is 7.40. The van der Waals surface area contributed by atoms with Gasteiger partial charge in [-0.05, 0) is 31.2 Å². The van der Waals surface area contributed by atoms with Gasteiger partial charge in [-0.15, -0.1) is 10.2 Å². The largest absolute Gasteiger partial charge is 0.360 e. The molecular formula is C18H19N7O2. The third-order valence-electron chi connectivity index (χ3n) is 4.33. The first-order chi connectivity index (χ1) is 13.2. The van der Waals surface area contributed by atoms with Gasteiger partial charge < -0.3 is 19.6 Å². The van der Waals surface area contributed by atoms with Crippen LogP contribution in [0.4, 0.5) is 17.5 Å². The zero-order valence-corrected chi connectivity index (χ0v) is 14.9. The van der Waals surface area contributed by atoms with Crippen LogP contribution in [-0.2, 0) is 0 Å². The molecule has 0 unspecified atom stereocenters. The third kappa shape index (κ3) is 3.86. The van der Waals surface area contributed by atoms with Crippen molar-refractivity contribution in [3.05, 3.63) is 54.0 Å². The molecular weight excluding hydrogens is 346 g/mol. The van der Waals surface area contributed by atoms with Crippen molar-refractivity contribution in [3.63, 3.8) is 0 Å². The molecule has 138 valence electrons. The van der Waals surface area contributed by atoms with Crippen LogP contribution in [0.5, 0.6) is 0 Å². The lowest BCUT2D eigenvalue weighted by Gasteiger charge is -2.35. The topological polar surface area (TPSA) is 100 Å². The lowest BCUT2D eigenvalue weighted by molar-refractivity contribution is 0.102. The molecule has 0 radical (unpaired) electrons. The maximum Gasteiger partial charge on any atom is 0.277 e. The molecule has 0 atom stereocenters. The van der Waals surface area contributed by atoms with E-state index in [1.165, 1.54) is 0 Å². The Morgan fingerprint density at radius 2 is 1.81 bits per heavy atom. The molecule has 0 spiro atoms. The van der Waals surface area contributed by atoms with E-state index in [0.29, 0.717) is 11.6 Å². The number of hydrogen-bond donors (Lipinski definition) is 1. The predicted octanol–water partition coefficient (Wildman–Crippen LogP) is 1.75. The highest BCUT2D eigenvalue weighted by Gasteiger charge is 2.20. The van der Waals surface area contributed by atoms with Crippen molar-refractivity contribution in [3.8, 4) is 0 Å². The van der Waals surface area contributed by atoms with Crippen LogP contribution in [-0.4, -0.2) is 52.4 Å². The van der Waals surface area contributed by atoms with Crippen LogP contribution in [0, 0.1) is 6.92 Å². The lowest BCUT2D eigenvalue weighted by atomic mass is 10.3. The highest BCUT2D eigenvalue weighted by Crippen LogP contribution is 2.17. The zero-order valence-electron chi connectivity index (χ0n) is 14.9. The van der Waals surface area contributed by atoms with Gasteiger partial charge in [-0.25, -0.2) is 4.98 Å². The normalized spacial score (nSPS) is 14.3. The number of aromatic nitrogens is 4. The smallest absolute Gasteiger partial charge is 0.277 e. The minimum absolute atomic E-state index is 0.228. The van der Waals surface area contributed by atoms with Crippen LogP contribution >= 0.6 is 0 Å². The maximum atomic E-state index is 12.2. The van der Waals surface area contributed by atoms with Gasteiger partial charge in [0.05, 0.1) is 0 Å². The Labute approximate surface area is 156 Å². The van der Waals surface area contributed by atoms with Crippen molar-refractivity contribution < 1.29 is 9.32 Å². The van der Waals surface area contributed by atoms with E-state index >= 15 is 0 Å². The van der Waals surface area contributed by atoms with Crippen LogP contribution in [0.25, 0.3) is 0 Å². The molecule has 4 heterocycles. The van der Waals surface area contributed by atoms with E-state index in [9.17, 15) is 4.79 Å². The van der Waals surface area contributed by atoms with E-state index in [4.69, 9.17) is 4.52 Å². The molecule has 3 aromatic heterocycles. The van der Waals surface area contributed by atoms with Crippen molar-refractivity contribution in [1.82, 2.24) is 20.3 Å². The molecule has 0 aliphatic carbocycles. The number of piperazine rings is 1. The average Bonchev–Trinajstić information content (AvgIpc) is 3.13. The molecule has 4 rings (SSSR count). The molecule has 3 aromatic rings. The molecule has 1 fully saturated rings. The van der Waals surface area contributed by atoms with Crippen LogP contribution < -0.4 is 15.1 Å². The van der Waals surface area contributed by atoms with Gasteiger partial charge in [0.2, 0.25) is 0 Å². The summed E-state index contributed by atoms with van der Waals surface area (Å²) in [6.07, 6.45) is 1.80. The van der Waals surface area contributed by atoms with Crippen molar-refractivity contribution in [1.29, 1.82) is 0 Å².